The van der Waals surface area contributed by atoms with Gasteiger partial charge in [0.1, 0.15) is 0 Å². The molecule has 1 rings (SSSR count). The third-order valence-corrected chi connectivity index (χ3v) is 3.35. The second kappa shape index (κ2) is 8.35. The van der Waals surface area contributed by atoms with Gasteiger partial charge in [-0.1, -0.05) is 31.2 Å². The van der Waals surface area contributed by atoms with Gasteiger partial charge >= 0.3 is 5.97 Å². The minimum atomic E-state index is -0.787. The summed E-state index contributed by atoms with van der Waals surface area (Å²) in [7, 11) is 0. The van der Waals surface area contributed by atoms with Gasteiger partial charge in [-0.25, -0.2) is 0 Å². The van der Waals surface area contributed by atoms with E-state index in [4.69, 9.17) is 5.11 Å². The van der Waals surface area contributed by atoms with Gasteiger partial charge in [-0.3, -0.25) is 9.59 Å². The molecule has 2 N–H and O–H groups in total. The van der Waals surface area contributed by atoms with Crippen LogP contribution in [0.4, 0.5) is 0 Å². The van der Waals surface area contributed by atoms with Crippen molar-refractivity contribution in [2.24, 2.45) is 0 Å². The van der Waals surface area contributed by atoms with Gasteiger partial charge in [0.15, 0.2) is 0 Å². The lowest BCUT2D eigenvalue weighted by molar-refractivity contribution is -0.137. The molecule has 0 saturated carbocycles. The molecule has 0 fully saturated rings. The molecule has 110 valence electrons. The first kappa shape index (κ1) is 16.2. The molecule has 1 atom stereocenters. The molecule has 0 aliphatic rings. The van der Waals surface area contributed by atoms with E-state index in [1.165, 1.54) is 11.1 Å². The van der Waals surface area contributed by atoms with Crippen LogP contribution in [-0.4, -0.2) is 23.5 Å². The van der Waals surface area contributed by atoms with Gasteiger partial charge in [-0.15, -0.1) is 0 Å². The molecule has 1 amide bonds. The molecule has 1 aromatic rings. The van der Waals surface area contributed by atoms with Crippen LogP contribution in [0.25, 0.3) is 0 Å². The topological polar surface area (TPSA) is 66.4 Å². The number of aryl methyl sites for hydroxylation is 1. The van der Waals surface area contributed by atoms with Crippen LogP contribution in [0.1, 0.15) is 49.7 Å². The number of benzene rings is 1. The van der Waals surface area contributed by atoms with Crippen LogP contribution >= 0.6 is 0 Å². The molecular formula is C16H23NO3. The fourth-order valence-corrected chi connectivity index (χ4v) is 2.23. The van der Waals surface area contributed by atoms with Crippen molar-refractivity contribution >= 4 is 11.9 Å². The maximum absolute atomic E-state index is 11.8. The van der Waals surface area contributed by atoms with E-state index < -0.39 is 5.97 Å². The highest BCUT2D eigenvalue weighted by molar-refractivity contribution is 5.76. The van der Waals surface area contributed by atoms with Crippen LogP contribution < -0.4 is 5.32 Å². The van der Waals surface area contributed by atoms with Crippen molar-refractivity contribution in [3.63, 3.8) is 0 Å². The SMILES string of the molecule is Cc1ccccc1C(C)CC(=O)NCCCCC(=O)O. The van der Waals surface area contributed by atoms with Crippen molar-refractivity contribution in [2.45, 2.75) is 45.4 Å². The van der Waals surface area contributed by atoms with Gasteiger partial charge in [0.25, 0.3) is 0 Å². The van der Waals surface area contributed by atoms with Gasteiger partial charge in [0.2, 0.25) is 5.91 Å². The molecule has 4 heteroatoms. The molecular weight excluding hydrogens is 254 g/mol. The number of aliphatic carboxylic acids is 1. The minimum Gasteiger partial charge on any atom is -0.481 e. The van der Waals surface area contributed by atoms with E-state index in [9.17, 15) is 9.59 Å². The number of hydrogen-bond acceptors (Lipinski definition) is 2. The van der Waals surface area contributed by atoms with E-state index >= 15 is 0 Å². The van der Waals surface area contributed by atoms with Crippen LogP contribution in [0.3, 0.4) is 0 Å². The molecule has 0 bridgehead atoms. The molecule has 0 heterocycles. The Balaban J connectivity index is 2.28. The number of hydrogen-bond donors (Lipinski definition) is 2. The second-order valence-corrected chi connectivity index (χ2v) is 5.16. The highest BCUT2D eigenvalue weighted by Gasteiger charge is 2.12. The molecule has 4 nitrogen and oxygen atoms in total. The number of carboxylic acid groups (broad SMARTS) is 1. The molecule has 0 saturated heterocycles. The summed E-state index contributed by atoms with van der Waals surface area (Å²) >= 11 is 0. The summed E-state index contributed by atoms with van der Waals surface area (Å²) < 4.78 is 0. The molecule has 0 spiro atoms. The predicted molar refractivity (Wildman–Crippen MR) is 78.7 cm³/mol. The number of carbonyl (C=O) groups excluding carboxylic acids is 1. The summed E-state index contributed by atoms with van der Waals surface area (Å²) in [6.45, 7) is 4.65. The van der Waals surface area contributed by atoms with Crippen molar-refractivity contribution in [1.29, 1.82) is 0 Å². The number of rotatable bonds is 8. The Morgan fingerprint density at radius 3 is 2.60 bits per heavy atom. The smallest absolute Gasteiger partial charge is 0.303 e. The highest BCUT2D eigenvalue weighted by Crippen LogP contribution is 2.22. The summed E-state index contributed by atoms with van der Waals surface area (Å²) in [4.78, 5) is 22.2. The van der Waals surface area contributed by atoms with Crippen LogP contribution in [-0.2, 0) is 9.59 Å². The minimum absolute atomic E-state index is 0.0241. The van der Waals surface area contributed by atoms with Gasteiger partial charge < -0.3 is 10.4 Å². The molecule has 0 aliphatic carbocycles. The molecule has 20 heavy (non-hydrogen) atoms. The largest absolute Gasteiger partial charge is 0.481 e. The van der Waals surface area contributed by atoms with E-state index in [1.807, 2.05) is 19.1 Å². The second-order valence-electron chi connectivity index (χ2n) is 5.16. The summed E-state index contributed by atoms with van der Waals surface area (Å²) in [5.74, 6) is -0.573. The van der Waals surface area contributed by atoms with E-state index in [-0.39, 0.29) is 18.2 Å². The molecule has 1 aromatic carbocycles. The third kappa shape index (κ3) is 5.87. The number of amides is 1. The summed E-state index contributed by atoms with van der Waals surface area (Å²) in [6.07, 6.45) is 1.93. The summed E-state index contributed by atoms with van der Waals surface area (Å²) in [5, 5.41) is 11.4. The van der Waals surface area contributed by atoms with Crippen LogP contribution in [0.5, 0.6) is 0 Å². The Kier molecular flexibility index (Phi) is 6.77. The molecule has 0 aromatic heterocycles. The fraction of sp³-hybridized carbons (Fsp3) is 0.500. The monoisotopic (exact) mass is 277 g/mol. The first-order chi connectivity index (χ1) is 9.50. The van der Waals surface area contributed by atoms with Gasteiger partial charge in [-0.05, 0) is 36.8 Å². The zero-order valence-electron chi connectivity index (χ0n) is 12.2. The Labute approximate surface area is 120 Å². The lowest BCUT2D eigenvalue weighted by Gasteiger charge is -2.14. The molecule has 0 aliphatic heterocycles. The van der Waals surface area contributed by atoms with Gasteiger partial charge in [0, 0.05) is 19.4 Å². The fourth-order valence-electron chi connectivity index (χ4n) is 2.23. The normalized spacial score (nSPS) is 11.9. The molecule has 0 radical (unpaired) electrons. The first-order valence-corrected chi connectivity index (χ1v) is 7.04. The maximum atomic E-state index is 11.8. The quantitative estimate of drug-likeness (QED) is 0.718. The highest BCUT2D eigenvalue weighted by atomic mass is 16.4. The maximum Gasteiger partial charge on any atom is 0.303 e. The van der Waals surface area contributed by atoms with Crippen LogP contribution in [0.2, 0.25) is 0 Å². The van der Waals surface area contributed by atoms with Crippen molar-refractivity contribution < 1.29 is 14.7 Å². The Bertz CT molecular complexity index is 457. The lowest BCUT2D eigenvalue weighted by Crippen LogP contribution is -2.25. The number of carbonyl (C=O) groups is 2. The Morgan fingerprint density at radius 1 is 1.25 bits per heavy atom. The van der Waals surface area contributed by atoms with Gasteiger partial charge in [-0.2, -0.15) is 0 Å². The summed E-state index contributed by atoms with van der Waals surface area (Å²) in [6, 6.07) is 8.09. The molecule has 1 unspecified atom stereocenters. The van der Waals surface area contributed by atoms with Crippen molar-refractivity contribution in [3.05, 3.63) is 35.4 Å². The number of unbranched alkanes of at least 4 members (excludes halogenated alkanes) is 1. The zero-order chi connectivity index (χ0) is 15.0. The van der Waals surface area contributed by atoms with Crippen LogP contribution in [0.15, 0.2) is 24.3 Å². The van der Waals surface area contributed by atoms with Crippen molar-refractivity contribution in [3.8, 4) is 0 Å². The van der Waals surface area contributed by atoms with E-state index in [0.29, 0.717) is 25.8 Å². The number of carboxylic acids is 1. The summed E-state index contributed by atoms with van der Waals surface area (Å²) in [5.41, 5.74) is 2.41. The number of nitrogens with one attached hydrogen (secondary N) is 1. The predicted octanol–water partition coefficient (Wildman–Crippen LogP) is 2.86. The first-order valence-electron chi connectivity index (χ1n) is 7.04. The Hall–Kier alpha value is -1.84. The van der Waals surface area contributed by atoms with Gasteiger partial charge in [0.05, 0.1) is 0 Å². The third-order valence-electron chi connectivity index (χ3n) is 3.35. The van der Waals surface area contributed by atoms with E-state index in [2.05, 4.69) is 24.4 Å². The van der Waals surface area contributed by atoms with E-state index in [0.717, 1.165) is 0 Å². The van der Waals surface area contributed by atoms with Crippen molar-refractivity contribution in [2.75, 3.05) is 6.54 Å². The zero-order valence-corrected chi connectivity index (χ0v) is 12.2. The Morgan fingerprint density at radius 2 is 1.95 bits per heavy atom. The lowest BCUT2D eigenvalue weighted by atomic mass is 9.93. The van der Waals surface area contributed by atoms with E-state index in [1.54, 1.807) is 0 Å². The van der Waals surface area contributed by atoms with Crippen LogP contribution in [0, 0.1) is 6.92 Å². The standard InChI is InChI=1S/C16H23NO3/c1-12-7-3-4-8-14(12)13(2)11-15(18)17-10-6-5-9-16(19)20/h3-4,7-8,13H,5-6,9-11H2,1-2H3,(H,17,18)(H,19,20). The average Bonchev–Trinajstić information content (AvgIpc) is 2.38. The van der Waals surface area contributed by atoms with Crippen molar-refractivity contribution in [1.82, 2.24) is 5.32 Å². The average molecular weight is 277 g/mol.